The number of halogens is 1. The Bertz CT molecular complexity index is 841. The second kappa shape index (κ2) is 5.09. The lowest BCUT2D eigenvalue weighted by Crippen LogP contribution is -2.73. The van der Waals surface area contributed by atoms with E-state index in [9.17, 15) is 14.9 Å². The van der Waals surface area contributed by atoms with Crippen molar-refractivity contribution in [2.24, 2.45) is 5.41 Å². The molecular formula is C17H16ClN3O2S2. The molecule has 0 saturated carbocycles. The van der Waals surface area contributed by atoms with Crippen LogP contribution in [0.25, 0.3) is 0 Å². The molecule has 5 nitrogen and oxygen atoms in total. The normalized spacial score (nSPS) is 39.6. The number of hydrogen-bond acceptors (Lipinski definition) is 5. The molecule has 130 valence electrons. The zero-order chi connectivity index (χ0) is 18.2. The van der Waals surface area contributed by atoms with Gasteiger partial charge in [0.05, 0.1) is 17.5 Å². The molecule has 0 aliphatic carbocycles. The third kappa shape index (κ3) is 1.93. The van der Waals surface area contributed by atoms with Crippen LogP contribution in [0.15, 0.2) is 24.3 Å². The zero-order valence-electron chi connectivity index (χ0n) is 13.9. The third-order valence-corrected chi connectivity index (χ3v) is 9.49. The molecule has 1 spiro atoms. The fourth-order valence-corrected chi connectivity index (χ4v) is 7.77. The summed E-state index contributed by atoms with van der Waals surface area (Å²) in [5.74, 6) is -0.214. The average Bonchev–Trinajstić information content (AvgIpc) is 2.87. The summed E-state index contributed by atoms with van der Waals surface area (Å²) in [6.45, 7) is 3.61. The SMILES string of the molecule is CN1C(=O)[C@@]23C[C@](C)(C#N)C(c4ccc(Cl)cc4)N2C(=O)C1(C)SS3. The Hall–Kier alpha value is -1.36. The molecule has 1 aromatic rings. The summed E-state index contributed by atoms with van der Waals surface area (Å²) in [4.78, 5) is 27.7. The van der Waals surface area contributed by atoms with Gasteiger partial charge in [0.25, 0.3) is 11.8 Å². The first-order chi connectivity index (χ1) is 11.7. The third-order valence-electron chi connectivity index (χ3n) is 5.54. The topological polar surface area (TPSA) is 64.4 Å². The van der Waals surface area contributed by atoms with E-state index in [2.05, 4.69) is 6.07 Å². The van der Waals surface area contributed by atoms with Crippen LogP contribution < -0.4 is 0 Å². The van der Waals surface area contributed by atoms with E-state index < -0.39 is 21.2 Å². The van der Waals surface area contributed by atoms with E-state index in [0.717, 1.165) is 5.56 Å². The Morgan fingerprint density at radius 2 is 1.84 bits per heavy atom. The highest BCUT2D eigenvalue weighted by atomic mass is 35.5. The van der Waals surface area contributed by atoms with Crippen molar-refractivity contribution in [3.8, 4) is 6.07 Å². The fraction of sp³-hybridized carbons (Fsp3) is 0.471. The molecule has 8 heteroatoms. The van der Waals surface area contributed by atoms with Gasteiger partial charge in [0.1, 0.15) is 0 Å². The second-order valence-electron chi connectivity index (χ2n) is 7.13. The minimum absolute atomic E-state index is 0.101. The molecule has 2 amide bonds. The van der Waals surface area contributed by atoms with Crippen LogP contribution in [0.1, 0.15) is 31.9 Å². The number of hydrogen-bond donors (Lipinski definition) is 0. The maximum absolute atomic E-state index is 13.4. The lowest BCUT2D eigenvalue weighted by molar-refractivity contribution is -0.164. The molecular weight excluding hydrogens is 378 g/mol. The molecule has 4 fully saturated rings. The van der Waals surface area contributed by atoms with Crippen LogP contribution >= 0.6 is 33.2 Å². The summed E-state index contributed by atoms with van der Waals surface area (Å²) in [7, 11) is 4.50. The van der Waals surface area contributed by atoms with Crippen molar-refractivity contribution in [2.45, 2.75) is 36.1 Å². The van der Waals surface area contributed by atoms with Crippen molar-refractivity contribution >= 4 is 45.0 Å². The highest BCUT2D eigenvalue weighted by Gasteiger charge is 2.74. The lowest BCUT2D eigenvalue weighted by Gasteiger charge is -2.57. The number of benzene rings is 1. The van der Waals surface area contributed by atoms with Gasteiger partial charge in [-0.25, -0.2) is 0 Å². The van der Waals surface area contributed by atoms with Crippen molar-refractivity contribution < 1.29 is 9.59 Å². The fourth-order valence-electron chi connectivity index (χ4n) is 4.07. The molecule has 0 N–H and O–H groups in total. The van der Waals surface area contributed by atoms with Gasteiger partial charge < -0.3 is 9.80 Å². The van der Waals surface area contributed by atoms with Gasteiger partial charge in [0, 0.05) is 18.5 Å². The van der Waals surface area contributed by atoms with E-state index in [1.807, 2.05) is 19.1 Å². The number of fused-ring (bicyclic) bond motifs is 2. The zero-order valence-corrected chi connectivity index (χ0v) is 16.3. The molecule has 4 aliphatic heterocycles. The number of carbonyl (C=O) groups excluding carboxylic acids is 2. The largest absolute Gasteiger partial charge is 0.319 e. The van der Waals surface area contributed by atoms with Crippen LogP contribution in [0.2, 0.25) is 5.02 Å². The van der Waals surface area contributed by atoms with Crippen LogP contribution in [0.4, 0.5) is 0 Å². The molecule has 0 aromatic heterocycles. The minimum Gasteiger partial charge on any atom is -0.319 e. The van der Waals surface area contributed by atoms with E-state index in [1.54, 1.807) is 31.0 Å². The molecule has 2 unspecified atom stereocenters. The van der Waals surface area contributed by atoms with Crippen LogP contribution in [0.3, 0.4) is 0 Å². The van der Waals surface area contributed by atoms with Crippen molar-refractivity contribution in [1.82, 2.24) is 9.80 Å². The Balaban J connectivity index is 1.93. The number of likely N-dealkylation sites (N-methyl/N-ethyl adjacent to an activating group) is 1. The molecule has 4 aliphatic rings. The highest BCUT2D eigenvalue weighted by molar-refractivity contribution is 8.78. The van der Waals surface area contributed by atoms with Crippen molar-refractivity contribution in [2.75, 3.05) is 7.05 Å². The van der Waals surface area contributed by atoms with Gasteiger partial charge in [-0.15, -0.1) is 0 Å². The predicted octanol–water partition coefficient (Wildman–Crippen LogP) is 3.42. The molecule has 4 atom stereocenters. The predicted molar refractivity (Wildman–Crippen MR) is 98.5 cm³/mol. The van der Waals surface area contributed by atoms with Gasteiger partial charge in [-0.2, -0.15) is 5.26 Å². The van der Waals surface area contributed by atoms with Gasteiger partial charge in [0.15, 0.2) is 9.74 Å². The van der Waals surface area contributed by atoms with Gasteiger partial charge in [-0.05, 0) is 31.5 Å². The summed E-state index contributed by atoms with van der Waals surface area (Å²) in [5.41, 5.74) is -0.0285. The summed E-state index contributed by atoms with van der Waals surface area (Å²) in [5, 5.41) is 10.5. The molecule has 25 heavy (non-hydrogen) atoms. The summed E-state index contributed by atoms with van der Waals surface area (Å²) < 4.78 is 0. The number of amides is 2. The van der Waals surface area contributed by atoms with Crippen LogP contribution in [-0.2, 0) is 9.59 Å². The standard InChI is InChI=1S/C17H16ClN3O2S2/c1-15(9-19)8-17-14(23)20(3)16(2,24-25-17)13(22)21(17)12(15)10-4-6-11(18)7-5-10/h4-7,12H,8H2,1-3H3/t12?,15-,16?,17+/m1/s1. The number of rotatable bonds is 1. The van der Waals surface area contributed by atoms with Gasteiger partial charge in [-0.3, -0.25) is 9.59 Å². The first-order valence-corrected chi connectivity index (χ1v) is 10.4. The van der Waals surface area contributed by atoms with Crippen LogP contribution in [-0.4, -0.2) is 38.4 Å². The Morgan fingerprint density at radius 1 is 1.20 bits per heavy atom. The van der Waals surface area contributed by atoms with Crippen LogP contribution in [0, 0.1) is 16.7 Å². The highest BCUT2D eigenvalue weighted by Crippen LogP contribution is 2.69. The summed E-state index contributed by atoms with van der Waals surface area (Å²) >= 11 is 6.00. The summed E-state index contributed by atoms with van der Waals surface area (Å²) in [6.07, 6.45) is 0.312. The molecule has 4 heterocycles. The number of carbonyl (C=O) groups is 2. The van der Waals surface area contributed by atoms with Crippen molar-refractivity contribution in [3.05, 3.63) is 34.9 Å². The minimum atomic E-state index is -1.02. The van der Waals surface area contributed by atoms with E-state index >= 15 is 0 Å². The Morgan fingerprint density at radius 3 is 2.44 bits per heavy atom. The molecule has 0 radical (unpaired) electrons. The van der Waals surface area contributed by atoms with Crippen LogP contribution in [0.5, 0.6) is 0 Å². The Kier molecular flexibility index (Phi) is 3.48. The molecule has 1 aromatic carbocycles. The summed E-state index contributed by atoms with van der Waals surface area (Å²) in [6, 6.07) is 9.09. The quantitative estimate of drug-likeness (QED) is 0.684. The molecule has 5 rings (SSSR count). The van der Waals surface area contributed by atoms with Gasteiger partial charge >= 0.3 is 0 Å². The first kappa shape index (κ1) is 17.1. The van der Waals surface area contributed by atoms with Gasteiger partial charge in [0.2, 0.25) is 0 Å². The smallest absolute Gasteiger partial charge is 0.261 e. The van der Waals surface area contributed by atoms with Crippen molar-refractivity contribution in [1.29, 1.82) is 5.26 Å². The number of piperazine rings is 1. The second-order valence-corrected chi connectivity index (χ2v) is 10.4. The monoisotopic (exact) mass is 393 g/mol. The van der Waals surface area contributed by atoms with E-state index in [-0.39, 0.29) is 11.8 Å². The van der Waals surface area contributed by atoms with E-state index in [0.29, 0.717) is 11.4 Å². The first-order valence-electron chi connectivity index (χ1n) is 7.85. The maximum Gasteiger partial charge on any atom is 0.261 e. The molecule has 4 saturated heterocycles. The molecule has 2 bridgehead atoms. The number of nitrogens with zero attached hydrogens (tertiary/aromatic N) is 3. The van der Waals surface area contributed by atoms with E-state index in [4.69, 9.17) is 11.6 Å². The van der Waals surface area contributed by atoms with Gasteiger partial charge in [-0.1, -0.05) is 45.3 Å². The van der Waals surface area contributed by atoms with E-state index in [1.165, 1.54) is 26.5 Å². The Labute approximate surface area is 159 Å². The lowest BCUT2D eigenvalue weighted by atomic mass is 9.79. The van der Waals surface area contributed by atoms with Crippen molar-refractivity contribution in [3.63, 3.8) is 0 Å². The maximum atomic E-state index is 13.4. The average molecular weight is 394 g/mol. The number of nitriles is 1.